The summed E-state index contributed by atoms with van der Waals surface area (Å²) in [7, 11) is 0. The highest BCUT2D eigenvalue weighted by atomic mass is 19.3. The number of hydrogen-bond donors (Lipinski definition) is 1. The highest BCUT2D eigenvalue weighted by Gasteiger charge is 2.50. The zero-order valence-electron chi connectivity index (χ0n) is 10.5. The number of aryl methyl sites for hydroxylation is 1. The molecule has 19 heavy (non-hydrogen) atoms. The van der Waals surface area contributed by atoms with Crippen molar-refractivity contribution >= 4 is 11.6 Å². The number of carbonyl (C=O) groups is 1. The first kappa shape index (κ1) is 13.6. The zero-order chi connectivity index (χ0) is 14.2. The molecule has 104 valence electrons. The van der Waals surface area contributed by atoms with Crippen molar-refractivity contribution in [1.29, 1.82) is 0 Å². The van der Waals surface area contributed by atoms with Gasteiger partial charge in [-0.1, -0.05) is 0 Å². The fraction of sp³-hybridized carbons (Fsp3) is 0.545. The van der Waals surface area contributed by atoms with Gasteiger partial charge in [0.1, 0.15) is 6.54 Å². The van der Waals surface area contributed by atoms with Crippen molar-refractivity contribution in [2.24, 2.45) is 5.10 Å². The quantitative estimate of drug-likeness (QED) is 0.882. The number of nitrogens with zero attached hydrogens (tertiary/aromatic N) is 4. The van der Waals surface area contributed by atoms with Crippen molar-refractivity contribution in [3.8, 4) is 0 Å². The summed E-state index contributed by atoms with van der Waals surface area (Å²) in [6, 6.07) is 1.69. The number of amides is 1. The van der Waals surface area contributed by atoms with Crippen LogP contribution in [0.5, 0.6) is 0 Å². The van der Waals surface area contributed by atoms with Gasteiger partial charge in [0.2, 0.25) is 5.72 Å². The van der Waals surface area contributed by atoms with Crippen LogP contribution in [-0.4, -0.2) is 43.7 Å². The van der Waals surface area contributed by atoms with E-state index in [9.17, 15) is 18.7 Å². The number of hydrazone groups is 1. The third-order valence-electron chi connectivity index (χ3n) is 2.95. The van der Waals surface area contributed by atoms with Crippen LogP contribution in [0.2, 0.25) is 0 Å². The SMILES string of the molecule is CC1=NN(C(=O)Cn2nccc2C)[C@@](O)(C(F)F)C1. The summed E-state index contributed by atoms with van der Waals surface area (Å²) in [5.41, 5.74) is -1.55. The minimum Gasteiger partial charge on any atom is -0.364 e. The standard InChI is InChI=1S/C11H14F2N4O2/c1-7-5-11(19,10(12)13)17(15-7)9(18)6-16-8(2)3-4-14-16/h3-4,10,19H,5-6H2,1-2H3/t11-/m0/s1. The van der Waals surface area contributed by atoms with Gasteiger partial charge in [-0.25, -0.2) is 8.78 Å². The molecular formula is C11H14F2N4O2. The summed E-state index contributed by atoms with van der Waals surface area (Å²) < 4.78 is 27.2. The molecule has 1 atom stereocenters. The molecule has 6 nitrogen and oxygen atoms in total. The van der Waals surface area contributed by atoms with Crippen LogP contribution in [0, 0.1) is 6.92 Å². The van der Waals surface area contributed by atoms with E-state index in [4.69, 9.17) is 0 Å². The Balaban J connectivity index is 2.20. The van der Waals surface area contributed by atoms with Gasteiger partial charge < -0.3 is 5.11 Å². The second kappa shape index (κ2) is 4.69. The second-order valence-electron chi connectivity index (χ2n) is 4.53. The fourth-order valence-electron chi connectivity index (χ4n) is 1.94. The second-order valence-corrected chi connectivity index (χ2v) is 4.53. The number of aliphatic hydroxyl groups is 1. The molecule has 0 fully saturated rings. The van der Waals surface area contributed by atoms with Gasteiger partial charge in [0.15, 0.2) is 0 Å². The lowest BCUT2D eigenvalue weighted by Gasteiger charge is -2.30. The van der Waals surface area contributed by atoms with Crippen molar-refractivity contribution in [3.63, 3.8) is 0 Å². The maximum atomic E-state index is 12.9. The number of hydrogen-bond acceptors (Lipinski definition) is 4. The Morgan fingerprint density at radius 3 is 2.79 bits per heavy atom. The summed E-state index contributed by atoms with van der Waals surface area (Å²) in [6.07, 6.45) is -1.94. The summed E-state index contributed by atoms with van der Waals surface area (Å²) >= 11 is 0. The first-order chi connectivity index (χ1) is 8.84. The number of aromatic nitrogens is 2. The molecule has 1 aliphatic heterocycles. The molecule has 8 heteroatoms. The van der Waals surface area contributed by atoms with Gasteiger partial charge in [0.25, 0.3) is 12.3 Å². The zero-order valence-corrected chi connectivity index (χ0v) is 10.5. The van der Waals surface area contributed by atoms with Gasteiger partial charge in [-0.05, 0) is 19.9 Å². The van der Waals surface area contributed by atoms with Gasteiger partial charge >= 0.3 is 0 Å². The molecule has 0 saturated heterocycles. The largest absolute Gasteiger partial charge is 0.364 e. The molecule has 1 amide bonds. The van der Waals surface area contributed by atoms with Gasteiger partial charge in [-0.15, -0.1) is 0 Å². The third kappa shape index (κ3) is 2.35. The van der Waals surface area contributed by atoms with Crippen LogP contribution in [0.1, 0.15) is 19.0 Å². The molecule has 1 N–H and O–H groups in total. The molecule has 1 aromatic rings. The maximum Gasteiger partial charge on any atom is 0.287 e. The molecule has 0 radical (unpaired) electrons. The predicted molar refractivity (Wildman–Crippen MR) is 62.5 cm³/mol. The Bertz CT molecular complexity index is 529. The van der Waals surface area contributed by atoms with E-state index >= 15 is 0 Å². The summed E-state index contributed by atoms with van der Waals surface area (Å²) in [6.45, 7) is 2.97. The molecule has 0 aromatic carbocycles. The van der Waals surface area contributed by atoms with Gasteiger partial charge in [-0.3, -0.25) is 9.48 Å². The third-order valence-corrected chi connectivity index (χ3v) is 2.95. The lowest BCUT2D eigenvalue weighted by atomic mass is 10.1. The van der Waals surface area contributed by atoms with Crippen LogP contribution in [0.25, 0.3) is 0 Å². The molecule has 0 unspecified atom stereocenters. The monoisotopic (exact) mass is 272 g/mol. The Morgan fingerprint density at radius 1 is 1.58 bits per heavy atom. The van der Waals surface area contributed by atoms with Crippen LogP contribution in [0.3, 0.4) is 0 Å². The van der Waals surface area contributed by atoms with E-state index in [1.807, 2.05) is 0 Å². The predicted octanol–water partition coefficient (Wildman–Crippen LogP) is 0.753. The van der Waals surface area contributed by atoms with Crippen molar-refractivity contribution < 1.29 is 18.7 Å². The Hall–Kier alpha value is -1.83. The molecule has 0 bridgehead atoms. The highest BCUT2D eigenvalue weighted by Crippen LogP contribution is 2.31. The van der Waals surface area contributed by atoms with E-state index in [2.05, 4.69) is 10.2 Å². The Kier molecular flexibility index (Phi) is 3.36. The first-order valence-electron chi connectivity index (χ1n) is 5.70. The smallest absolute Gasteiger partial charge is 0.287 e. The van der Waals surface area contributed by atoms with Crippen LogP contribution in [0.4, 0.5) is 8.78 Å². The number of carbonyl (C=O) groups excluding carboxylic acids is 1. The van der Waals surface area contributed by atoms with Gasteiger partial charge in [0.05, 0.1) is 0 Å². The number of rotatable bonds is 3. The molecule has 0 spiro atoms. The lowest BCUT2D eigenvalue weighted by Crippen LogP contribution is -2.52. The normalized spacial score (nSPS) is 23.1. The van der Waals surface area contributed by atoms with E-state index in [1.54, 1.807) is 13.0 Å². The van der Waals surface area contributed by atoms with Crippen molar-refractivity contribution in [3.05, 3.63) is 18.0 Å². The summed E-state index contributed by atoms with van der Waals surface area (Å²) in [5, 5.41) is 17.9. The van der Waals surface area contributed by atoms with Crippen LogP contribution < -0.4 is 0 Å². The molecule has 0 saturated carbocycles. The molecule has 1 aliphatic rings. The maximum absolute atomic E-state index is 12.9. The summed E-state index contributed by atoms with van der Waals surface area (Å²) in [4.78, 5) is 12.0. The van der Waals surface area contributed by atoms with E-state index < -0.39 is 18.1 Å². The van der Waals surface area contributed by atoms with Crippen LogP contribution >= 0.6 is 0 Å². The average molecular weight is 272 g/mol. The Labute approximate surface area is 108 Å². The number of halogens is 2. The fourth-order valence-corrected chi connectivity index (χ4v) is 1.94. The lowest BCUT2D eigenvalue weighted by molar-refractivity contribution is -0.192. The van der Waals surface area contributed by atoms with E-state index in [-0.39, 0.29) is 18.7 Å². The first-order valence-corrected chi connectivity index (χ1v) is 5.70. The van der Waals surface area contributed by atoms with E-state index in [0.717, 1.165) is 0 Å². The average Bonchev–Trinajstić information content (AvgIpc) is 2.84. The molecule has 2 rings (SSSR count). The van der Waals surface area contributed by atoms with E-state index in [1.165, 1.54) is 17.8 Å². The molecule has 0 aliphatic carbocycles. The van der Waals surface area contributed by atoms with Crippen molar-refractivity contribution in [1.82, 2.24) is 14.8 Å². The minimum absolute atomic E-state index is 0.245. The number of alkyl halides is 2. The van der Waals surface area contributed by atoms with E-state index in [0.29, 0.717) is 10.7 Å². The van der Waals surface area contributed by atoms with Gasteiger partial charge in [-0.2, -0.15) is 15.2 Å². The molecule has 2 heterocycles. The van der Waals surface area contributed by atoms with Crippen LogP contribution in [0.15, 0.2) is 17.4 Å². The topological polar surface area (TPSA) is 70.7 Å². The van der Waals surface area contributed by atoms with Gasteiger partial charge in [0, 0.05) is 24.0 Å². The minimum atomic E-state index is -3.09. The van der Waals surface area contributed by atoms with Crippen molar-refractivity contribution in [2.45, 2.75) is 39.0 Å². The van der Waals surface area contributed by atoms with Crippen LogP contribution in [-0.2, 0) is 11.3 Å². The molecule has 1 aromatic heterocycles. The highest BCUT2D eigenvalue weighted by molar-refractivity contribution is 5.88. The summed E-state index contributed by atoms with van der Waals surface area (Å²) in [5.74, 6) is -0.730. The molecular weight excluding hydrogens is 258 g/mol. The van der Waals surface area contributed by atoms with Crippen molar-refractivity contribution in [2.75, 3.05) is 0 Å². The Morgan fingerprint density at radius 2 is 2.26 bits per heavy atom.